The molecule has 116 valence electrons. The van der Waals surface area contributed by atoms with Crippen LogP contribution in [-0.4, -0.2) is 0 Å². The molecule has 0 nitrogen and oxygen atoms in total. The second kappa shape index (κ2) is 7.79. The van der Waals surface area contributed by atoms with Crippen LogP contribution in [0, 0.1) is 21.8 Å². The summed E-state index contributed by atoms with van der Waals surface area (Å²) in [5.74, 6) is 0. The van der Waals surface area contributed by atoms with Gasteiger partial charge in [0.2, 0.25) is 0 Å². The van der Waals surface area contributed by atoms with E-state index in [-0.39, 0.29) is 40.7 Å². The Morgan fingerprint density at radius 3 is 2.09 bits per heavy atom. The van der Waals surface area contributed by atoms with Crippen LogP contribution < -0.4 is 0 Å². The van der Waals surface area contributed by atoms with Gasteiger partial charge in [0.25, 0.3) is 0 Å². The van der Waals surface area contributed by atoms with E-state index in [9.17, 15) is 0 Å². The summed E-state index contributed by atoms with van der Waals surface area (Å²) in [5, 5.41) is 5.29. The predicted molar refractivity (Wildman–Crippen MR) is 100 cm³/mol. The Labute approximate surface area is 158 Å². The Morgan fingerprint density at radius 2 is 1.30 bits per heavy atom. The van der Waals surface area contributed by atoms with Gasteiger partial charge < -0.3 is 14.9 Å². The number of hydrogen-bond donors (Lipinski definition) is 0. The molecule has 0 atom stereocenters. The molecule has 0 saturated carbocycles. The van der Waals surface area contributed by atoms with E-state index >= 15 is 0 Å². The number of rotatable bonds is 1. The molecule has 0 unspecified atom stereocenters. The van der Waals surface area contributed by atoms with E-state index in [0.717, 1.165) is 0 Å². The third-order valence-electron chi connectivity index (χ3n) is 3.97. The average molecular weight is 464 g/mol. The van der Waals surface area contributed by atoms with Crippen LogP contribution in [0.3, 0.4) is 0 Å². The van der Waals surface area contributed by atoms with Crippen molar-refractivity contribution in [1.29, 1.82) is 0 Å². The summed E-state index contributed by atoms with van der Waals surface area (Å²) in [7, 11) is 0. The topological polar surface area (TPSA) is 0 Å². The maximum absolute atomic E-state index is 2.28. The van der Waals surface area contributed by atoms with Crippen molar-refractivity contribution in [2.24, 2.45) is 0 Å². The molecule has 4 aromatic rings. The normalized spacial score (nSPS) is 9.78. The van der Waals surface area contributed by atoms with Crippen molar-refractivity contribution in [2.45, 2.75) is 6.92 Å². The van der Waals surface area contributed by atoms with E-state index in [4.69, 9.17) is 0 Å². The van der Waals surface area contributed by atoms with Crippen molar-refractivity contribution in [3.63, 3.8) is 0 Å². The van der Waals surface area contributed by atoms with Crippen molar-refractivity contribution < 1.29 is 25.8 Å². The van der Waals surface area contributed by atoms with Gasteiger partial charge in [0.15, 0.2) is 0 Å². The van der Waals surface area contributed by atoms with Crippen molar-refractivity contribution in [3.8, 4) is 11.1 Å². The first-order valence-electron chi connectivity index (χ1n) is 6.97. The minimum Gasteiger partial charge on any atom is -0.358 e. The maximum Gasteiger partial charge on any atom is 0 e. The molecule has 0 fully saturated rings. The Balaban J connectivity index is 0.000000882. The van der Waals surface area contributed by atoms with Gasteiger partial charge in [-0.1, -0.05) is 61.0 Å². The molecule has 1 heteroatoms. The molecule has 23 heavy (non-hydrogen) atoms. The summed E-state index contributed by atoms with van der Waals surface area (Å²) < 4.78 is 0. The fraction of sp³-hybridized carbons (Fsp3) is 0.0455. The molecule has 0 spiro atoms. The van der Waals surface area contributed by atoms with Gasteiger partial charge in [-0.3, -0.25) is 0 Å². The average Bonchev–Trinajstić information content (AvgIpc) is 2.87. The van der Waals surface area contributed by atoms with Crippen LogP contribution in [0.2, 0.25) is 0 Å². The zero-order valence-electron chi connectivity index (χ0n) is 13.9. The second-order valence-electron chi connectivity index (χ2n) is 5.37. The van der Waals surface area contributed by atoms with Gasteiger partial charge in [-0.05, 0) is 16.3 Å². The fourth-order valence-electron chi connectivity index (χ4n) is 3.08. The number of fused-ring (bicyclic) bond motifs is 2. The number of aryl methyl sites for hydroxylation is 1. The van der Waals surface area contributed by atoms with Crippen molar-refractivity contribution in [2.75, 3.05) is 0 Å². The van der Waals surface area contributed by atoms with E-state index in [1.54, 1.807) is 0 Å². The van der Waals surface area contributed by atoms with Crippen LogP contribution in [-0.2, 0) is 25.8 Å². The summed E-state index contributed by atoms with van der Waals surface area (Å²) in [5.41, 5.74) is 3.97. The molecule has 0 N–H and O–H groups in total. The smallest absolute Gasteiger partial charge is 0 e. The van der Waals surface area contributed by atoms with E-state index < -0.39 is 0 Å². The third kappa shape index (κ3) is 3.35. The van der Waals surface area contributed by atoms with Gasteiger partial charge >= 0.3 is 0 Å². The summed E-state index contributed by atoms with van der Waals surface area (Å²) >= 11 is 0. The third-order valence-corrected chi connectivity index (χ3v) is 3.97. The Hall–Kier alpha value is -1.60. The first kappa shape index (κ1) is 19.4. The van der Waals surface area contributed by atoms with Crippen molar-refractivity contribution >= 4 is 21.5 Å². The zero-order valence-corrected chi connectivity index (χ0v) is 17.5. The Kier molecular flexibility index (Phi) is 6.58. The van der Waals surface area contributed by atoms with Gasteiger partial charge in [-0.15, -0.1) is 34.5 Å². The van der Waals surface area contributed by atoms with Crippen LogP contribution in [0.25, 0.3) is 32.7 Å². The molecule has 0 heterocycles. The molecule has 0 radical (unpaired) electrons. The zero-order chi connectivity index (χ0) is 13.5. The first-order chi connectivity index (χ1) is 9.83. The van der Waals surface area contributed by atoms with Gasteiger partial charge in [-0.25, -0.2) is 0 Å². The van der Waals surface area contributed by atoms with Gasteiger partial charge in [0.05, 0.1) is 0 Å². The van der Waals surface area contributed by atoms with Crippen LogP contribution in [0.4, 0.5) is 0 Å². The van der Waals surface area contributed by atoms with Gasteiger partial charge in [-0.2, -0.15) is 6.07 Å². The van der Waals surface area contributed by atoms with Crippen LogP contribution in [0.1, 0.15) is 5.56 Å². The standard InChI is InChI=1S/C20H15.2CH3.Hf/c1-14-12-16-8-5-11-19(20(16)13-14)18-10-4-7-15-6-2-3-9-17(15)18;;;/h2-13H,1H3;2*1H3;/q3*-1;. The van der Waals surface area contributed by atoms with Gasteiger partial charge in [0.1, 0.15) is 0 Å². The molecular weight excluding hydrogens is 443 g/mol. The monoisotopic (exact) mass is 465 g/mol. The number of benzene rings is 3. The first-order valence-corrected chi connectivity index (χ1v) is 6.97. The molecule has 0 aliphatic carbocycles. The van der Waals surface area contributed by atoms with Gasteiger partial charge in [0, 0.05) is 25.8 Å². The molecular formula is C22H21Hf-3. The van der Waals surface area contributed by atoms with Crippen molar-refractivity contribution in [1.82, 2.24) is 0 Å². The molecule has 0 saturated heterocycles. The molecule has 4 rings (SSSR count). The van der Waals surface area contributed by atoms with Crippen LogP contribution in [0.15, 0.2) is 72.8 Å². The van der Waals surface area contributed by atoms with E-state index in [0.29, 0.717) is 0 Å². The van der Waals surface area contributed by atoms with Crippen LogP contribution in [0.5, 0.6) is 0 Å². The SMILES string of the molecule is Cc1cc2c(-c3cccc4ccccc34)cccc2[cH-]1.[CH3-].[CH3-].[Hf]. The second-order valence-corrected chi connectivity index (χ2v) is 5.37. The van der Waals surface area contributed by atoms with Crippen LogP contribution >= 0.6 is 0 Å². The molecule has 0 bridgehead atoms. The molecule has 0 aliphatic heterocycles. The maximum atomic E-state index is 2.28. The Morgan fingerprint density at radius 1 is 0.696 bits per heavy atom. The minimum atomic E-state index is 0. The summed E-state index contributed by atoms with van der Waals surface area (Å²) in [4.78, 5) is 0. The fourth-order valence-corrected chi connectivity index (χ4v) is 3.08. The Bertz CT molecular complexity index is 910. The summed E-state index contributed by atoms with van der Waals surface area (Å²) in [6.07, 6.45) is 0. The van der Waals surface area contributed by atoms with Crippen molar-refractivity contribution in [3.05, 3.63) is 93.2 Å². The number of hydrogen-bond acceptors (Lipinski definition) is 0. The van der Waals surface area contributed by atoms with E-state index in [1.807, 2.05) is 0 Å². The largest absolute Gasteiger partial charge is 0.358 e. The minimum absolute atomic E-state index is 0. The van der Waals surface area contributed by atoms with E-state index in [1.165, 1.54) is 38.2 Å². The molecule has 0 aromatic heterocycles. The van der Waals surface area contributed by atoms with E-state index in [2.05, 4.69) is 79.7 Å². The quantitative estimate of drug-likeness (QED) is 0.221. The predicted octanol–water partition coefficient (Wildman–Crippen LogP) is 6.59. The molecule has 0 aliphatic rings. The molecule has 4 aromatic carbocycles. The molecule has 0 amide bonds. The summed E-state index contributed by atoms with van der Waals surface area (Å²) in [6.45, 7) is 2.16. The summed E-state index contributed by atoms with van der Waals surface area (Å²) in [6, 6.07) is 26.2.